The van der Waals surface area contributed by atoms with Crippen LogP contribution < -0.4 is 11.1 Å². The van der Waals surface area contributed by atoms with Gasteiger partial charge in [-0.25, -0.2) is 0 Å². The fourth-order valence-corrected chi connectivity index (χ4v) is 2.67. The van der Waals surface area contributed by atoms with E-state index < -0.39 is 17.2 Å². The molecular weight excluding hydrogens is 281 g/mol. The largest absolute Gasteiger partial charge is 0.416 e. The molecule has 116 valence electrons. The van der Waals surface area contributed by atoms with Crippen LogP contribution in [0.4, 0.5) is 13.2 Å². The lowest BCUT2D eigenvalue weighted by molar-refractivity contribution is -0.137. The Hall–Kier alpha value is -1.56. The van der Waals surface area contributed by atoms with E-state index in [1.165, 1.54) is 12.1 Å². The summed E-state index contributed by atoms with van der Waals surface area (Å²) in [6, 6.07) is 4.62. The molecule has 6 heteroatoms. The first-order chi connectivity index (χ1) is 9.73. The van der Waals surface area contributed by atoms with Gasteiger partial charge in [-0.3, -0.25) is 4.79 Å². The van der Waals surface area contributed by atoms with Crippen LogP contribution >= 0.6 is 0 Å². The molecule has 1 aliphatic carbocycles. The van der Waals surface area contributed by atoms with Crippen molar-refractivity contribution in [3.8, 4) is 0 Å². The maximum atomic E-state index is 12.4. The number of amides is 1. The molecule has 1 aliphatic rings. The summed E-state index contributed by atoms with van der Waals surface area (Å²) in [6.07, 6.45) is -1.85. The van der Waals surface area contributed by atoms with Crippen molar-refractivity contribution in [1.29, 1.82) is 0 Å². The van der Waals surface area contributed by atoms with Gasteiger partial charge in [0.1, 0.15) is 0 Å². The highest BCUT2D eigenvalue weighted by atomic mass is 19.4. The van der Waals surface area contributed by atoms with Gasteiger partial charge in [-0.15, -0.1) is 0 Å². The minimum Gasteiger partial charge on any atom is -0.352 e. The van der Waals surface area contributed by atoms with Crippen molar-refractivity contribution in [1.82, 2.24) is 5.32 Å². The number of carbonyl (C=O) groups is 1. The summed E-state index contributed by atoms with van der Waals surface area (Å²) in [5, 5.41) is 2.77. The van der Waals surface area contributed by atoms with Crippen molar-refractivity contribution in [3.05, 3.63) is 35.4 Å². The standard InChI is InChI=1S/C15H19F3N2O/c1-14(8-2-3-12(14)19)13(21)20-9-10-4-6-11(7-5-10)15(16,17)18/h4-7,12H,2-3,8-9,19H2,1H3,(H,20,21). The fourth-order valence-electron chi connectivity index (χ4n) is 2.67. The van der Waals surface area contributed by atoms with Gasteiger partial charge in [-0.1, -0.05) is 18.6 Å². The van der Waals surface area contributed by atoms with E-state index in [4.69, 9.17) is 5.73 Å². The van der Waals surface area contributed by atoms with Crippen LogP contribution in [0.5, 0.6) is 0 Å². The van der Waals surface area contributed by atoms with Crippen LogP contribution in [0.15, 0.2) is 24.3 Å². The molecule has 0 saturated heterocycles. The third-order valence-corrected chi connectivity index (χ3v) is 4.28. The molecule has 1 amide bonds. The highest BCUT2D eigenvalue weighted by Crippen LogP contribution is 2.36. The molecule has 2 atom stereocenters. The summed E-state index contributed by atoms with van der Waals surface area (Å²) in [6.45, 7) is 2.05. The summed E-state index contributed by atoms with van der Waals surface area (Å²) < 4.78 is 37.3. The highest BCUT2D eigenvalue weighted by molar-refractivity contribution is 5.83. The molecule has 0 spiro atoms. The summed E-state index contributed by atoms with van der Waals surface area (Å²) in [5.74, 6) is -0.132. The molecule has 3 nitrogen and oxygen atoms in total. The molecule has 3 N–H and O–H groups in total. The average molecular weight is 300 g/mol. The summed E-state index contributed by atoms with van der Waals surface area (Å²) in [7, 11) is 0. The first kappa shape index (κ1) is 15.8. The van der Waals surface area contributed by atoms with Crippen LogP contribution in [-0.2, 0) is 17.5 Å². The van der Waals surface area contributed by atoms with Crippen molar-refractivity contribution in [2.24, 2.45) is 11.1 Å². The quantitative estimate of drug-likeness (QED) is 0.902. The zero-order valence-corrected chi connectivity index (χ0v) is 11.8. The lowest BCUT2D eigenvalue weighted by Crippen LogP contribution is -2.47. The smallest absolute Gasteiger partial charge is 0.352 e. The van der Waals surface area contributed by atoms with Gasteiger partial charge in [-0.2, -0.15) is 13.2 Å². The number of nitrogens with one attached hydrogen (secondary N) is 1. The number of halogens is 3. The van der Waals surface area contributed by atoms with E-state index in [2.05, 4.69) is 5.32 Å². The van der Waals surface area contributed by atoms with Crippen LogP contribution in [0.1, 0.15) is 37.3 Å². The van der Waals surface area contributed by atoms with Crippen molar-refractivity contribution < 1.29 is 18.0 Å². The molecule has 0 bridgehead atoms. The lowest BCUT2D eigenvalue weighted by Gasteiger charge is -2.27. The molecule has 0 aromatic heterocycles. The van der Waals surface area contributed by atoms with E-state index in [9.17, 15) is 18.0 Å². The number of nitrogens with two attached hydrogens (primary N) is 1. The molecule has 0 radical (unpaired) electrons. The summed E-state index contributed by atoms with van der Waals surface area (Å²) in [5.41, 5.74) is 5.33. The monoisotopic (exact) mass is 300 g/mol. The van der Waals surface area contributed by atoms with Crippen LogP contribution in [0.25, 0.3) is 0 Å². The number of hydrogen-bond acceptors (Lipinski definition) is 2. The van der Waals surface area contributed by atoms with Crippen LogP contribution in [0, 0.1) is 5.41 Å². The number of rotatable bonds is 3. The van der Waals surface area contributed by atoms with Gasteiger partial charge >= 0.3 is 6.18 Å². The van der Waals surface area contributed by atoms with E-state index in [0.717, 1.165) is 31.4 Å². The SMILES string of the molecule is CC1(C(=O)NCc2ccc(C(F)(F)F)cc2)CCCC1N. The van der Waals surface area contributed by atoms with Gasteiger partial charge in [0.2, 0.25) is 5.91 Å². The molecule has 1 saturated carbocycles. The average Bonchev–Trinajstić information content (AvgIpc) is 2.77. The summed E-state index contributed by atoms with van der Waals surface area (Å²) in [4.78, 5) is 12.2. The molecular formula is C15H19F3N2O. The zero-order valence-electron chi connectivity index (χ0n) is 11.8. The Balaban J connectivity index is 1.96. The Bertz CT molecular complexity index is 513. The van der Waals surface area contributed by atoms with Crippen molar-refractivity contribution in [2.45, 2.75) is 44.9 Å². The molecule has 21 heavy (non-hydrogen) atoms. The highest BCUT2D eigenvalue weighted by Gasteiger charge is 2.42. The predicted octanol–water partition coefficient (Wildman–Crippen LogP) is 2.84. The second-order valence-electron chi connectivity index (χ2n) is 5.79. The molecule has 2 unspecified atom stereocenters. The Morgan fingerprint density at radius 3 is 2.48 bits per heavy atom. The number of carbonyl (C=O) groups excluding carboxylic acids is 1. The second kappa shape index (κ2) is 5.67. The number of hydrogen-bond donors (Lipinski definition) is 2. The van der Waals surface area contributed by atoms with E-state index >= 15 is 0 Å². The second-order valence-corrected chi connectivity index (χ2v) is 5.79. The van der Waals surface area contributed by atoms with Gasteiger partial charge in [0.05, 0.1) is 11.0 Å². The van der Waals surface area contributed by atoms with Gasteiger partial charge in [0.25, 0.3) is 0 Å². The molecule has 1 aromatic rings. The first-order valence-corrected chi connectivity index (χ1v) is 6.93. The number of alkyl halides is 3. The Labute approximate surface area is 121 Å². The third kappa shape index (κ3) is 3.37. The van der Waals surface area contributed by atoms with E-state index in [1.807, 2.05) is 6.92 Å². The van der Waals surface area contributed by atoms with Gasteiger partial charge in [0.15, 0.2) is 0 Å². The van der Waals surface area contributed by atoms with Crippen molar-refractivity contribution in [3.63, 3.8) is 0 Å². The lowest BCUT2D eigenvalue weighted by atomic mass is 9.84. The van der Waals surface area contributed by atoms with Crippen molar-refractivity contribution >= 4 is 5.91 Å². The van der Waals surface area contributed by atoms with Crippen LogP contribution in [0.3, 0.4) is 0 Å². The van der Waals surface area contributed by atoms with Gasteiger partial charge in [0, 0.05) is 12.6 Å². The predicted molar refractivity (Wildman–Crippen MR) is 73.2 cm³/mol. The minimum atomic E-state index is -4.34. The minimum absolute atomic E-state index is 0.132. The molecule has 1 fully saturated rings. The van der Waals surface area contributed by atoms with Crippen LogP contribution in [0.2, 0.25) is 0 Å². The molecule has 0 heterocycles. The third-order valence-electron chi connectivity index (χ3n) is 4.28. The molecule has 2 rings (SSSR count). The normalized spacial score (nSPS) is 25.9. The Morgan fingerprint density at radius 2 is 2.00 bits per heavy atom. The summed E-state index contributed by atoms with van der Waals surface area (Å²) >= 11 is 0. The Morgan fingerprint density at radius 1 is 1.38 bits per heavy atom. The number of benzene rings is 1. The van der Waals surface area contributed by atoms with Crippen LogP contribution in [-0.4, -0.2) is 11.9 Å². The van der Waals surface area contributed by atoms with Crippen molar-refractivity contribution in [2.75, 3.05) is 0 Å². The zero-order chi connectivity index (χ0) is 15.7. The topological polar surface area (TPSA) is 55.1 Å². The maximum absolute atomic E-state index is 12.4. The maximum Gasteiger partial charge on any atom is 0.416 e. The fraction of sp³-hybridized carbons (Fsp3) is 0.533. The Kier molecular flexibility index (Phi) is 4.27. The molecule has 1 aromatic carbocycles. The van der Waals surface area contributed by atoms with E-state index in [1.54, 1.807) is 0 Å². The van der Waals surface area contributed by atoms with Gasteiger partial charge < -0.3 is 11.1 Å². The molecule has 0 aliphatic heterocycles. The van der Waals surface area contributed by atoms with E-state index in [0.29, 0.717) is 5.56 Å². The first-order valence-electron chi connectivity index (χ1n) is 6.93. The van der Waals surface area contributed by atoms with Gasteiger partial charge in [-0.05, 0) is 37.5 Å². The van der Waals surface area contributed by atoms with E-state index in [-0.39, 0.29) is 18.5 Å².